The van der Waals surface area contributed by atoms with E-state index in [1.807, 2.05) is 18.2 Å². The van der Waals surface area contributed by atoms with Gasteiger partial charge in [-0.25, -0.2) is 0 Å². The summed E-state index contributed by atoms with van der Waals surface area (Å²) in [4.78, 5) is 0. The summed E-state index contributed by atoms with van der Waals surface area (Å²) in [5, 5.41) is 3.62. The van der Waals surface area contributed by atoms with E-state index in [9.17, 15) is 0 Å². The van der Waals surface area contributed by atoms with Crippen LogP contribution in [0.4, 0.5) is 0 Å². The maximum absolute atomic E-state index is 5.19. The molecule has 106 valence electrons. The van der Waals surface area contributed by atoms with Crippen LogP contribution < -0.4 is 10.1 Å². The van der Waals surface area contributed by atoms with E-state index in [1.165, 1.54) is 11.1 Å². The topological polar surface area (TPSA) is 21.3 Å². The molecule has 2 nitrogen and oxygen atoms in total. The summed E-state index contributed by atoms with van der Waals surface area (Å²) in [6.45, 7) is 4.36. The first-order chi connectivity index (χ1) is 9.61. The van der Waals surface area contributed by atoms with Gasteiger partial charge in [-0.15, -0.1) is 0 Å². The highest BCUT2D eigenvalue weighted by atomic mass is 79.9. The van der Waals surface area contributed by atoms with Crippen molar-refractivity contribution in [1.82, 2.24) is 5.32 Å². The molecule has 0 aromatic heterocycles. The Morgan fingerprint density at radius 1 is 0.950 bits per heavy atom. The minimum Gasteiger partial charge on any atom is -0.497 e. The number of rotatable bonds is 5. The Labute approximate surface area is 129 Å². The molecule has 0 radical (unpaired) electrons. The summed E-state index contributed by atoms with van der Waals surface area (Å²) in [6, 6.07) is 17.1. The Bertz CT molecular complexity index is 553. The van der Waals surface area contributed by atoms with Crippen molar-refractivity contribution in [2.24, 2.45) is 0 Å². The first-order valence-electron chi connectivity index (χ1n) is 6.76. The minimum atomic E-state index is 0.280. The van der Waals surface area contributed by atoms with Gasteiger partial charge in [-0.1, -0.05) is 46.3 Å². The molecule has 20 heavy (non-hydrogen) atoms. The molecule has 0 bridgehead atoms. The zero-order chi connectivity index (χ0) is 14.5. The van der Waals surface area contributed by atoms with Gasteiger partial charge in [0, 0.05) is 16.6 Å². The monoisotopic (exact) mass is 333 g/mol. The SMILES string of the molecule is COc1ccc([C@@H](C)NC(C)c2ccccc2Br)cc1. The standard InChI is InChI=1S/C17H20BrNO/c1-12(14-8-10-15(20-3)11-9-14)19-13(2)16-6-4-5-7-17(16)18/h4-13,19H,1-3H3/t12-,13?/m1/s1. The van der Waals surface area contributed by atoms with Gasteiger partial charge in [-0.3, -0.25) is 0 Å². The summed E-state index contributed by atoms with van der Waals surface area (Å²) in [5.74, 6) is 0.889. The van der Waals surface area contributed by atoms with E-state index < -0.39 is 0 Å². The van der Waals surface area contributed by atoms with Crippen LogP contribution in [0.25, 0.3) is 0 Å². The number of benzene rings is 2. The van der Waals surface area contributed by atoms with Crippen molar-refractivity contribution in [1.29, 1.82) is 0 Å². The van der Waals surface area contributed by atoms with Crippen molar-refractivity contribution in [3.8, 4) is 5.75 Å². The van der Waals surface area contributed by atoms with Crippen LogP contribution in [0.15, 0.2) is 53.0 Å². The second-order valence-corrected chi connectivity index (χ2v) is 5.76. The summed E-state index contributed by atoms with van der Waals surface area (Å²) < 4.78 is 6.33. The Morgan fingerprint density at radius 2 is 1.60 bits per heavy atom. The lowest BCUT2D eigenvalue weighted by Crippen LogP contribution is -2.22. The largest absolute Gasteiger partial charge is 0.497 e. The van der Waals surface area contributed by atoms with Crippen LogP contribution in [0.1, 0.15) is 37.1 Å². The molecule has 0 spiro atoms. The fourth-order valence-electron chi connectivity index (χ4n) is 2.28. The molecule has 0 fully saturated rings. The van der Waals surface area contributed by atoms with Crippen molar-refractivity contribution >= 4 is 15.9 Å². The number of ether oxygens (including phenoxy) is 1. The molecular formula is C17H20BrNO. The third-order valence-corrected chi connectivity index (χ3v) is 4.21. The fraction of sp³-hybridized carbons (Fsp3) is 0.294. The lowest BCUT2D eigenvalue weighted by Gasteiger charge is -2.22. The zero-order valence-electron chi connectivity index (χ0n) is 12.1. The van der Waals surface area contributed by atoms with E-state index in [2.05, 4.69) is 65.4 Å². The second-order valence-electron chi connectivity index (χ2n) is 4.90. The summed E-state index contributed by atoms with van der Waals surface area (Å²) in [7, 11) is 1.69. The number of methoxy groups -OCH3 is 1. The van der Waals surface area contributed by atoms with Gasteiger partial charge in [-0.2, -0.15) is 0 Å². The maximum atomic E-state index is 5.19. The number of hydrogen-bond donors (Lipinski definition) is 1. The highest BCUT2D eigenvalue weighted by Crippen LogP contribution is 2.26. The van der Waals surface area contributed by atoms with Gasteiger partial charge >= 0.3 is 0 Å². The molecule has 0 aliphatic carbocycles. The highest BCUT2D eigenvalue weighted by molar-refractivity contribution is 9.10. The first-order valence-corrected chi connectivity index (χ1v) is 7.55. The third kappa shape index (κ3) is 3.62. The van der Waals surface area contributed by atoms with E-state index in [4.69, 9.17) is 4.74 Å². The average molecular weight is 334 g/mol. The molecule has 0 saturated heterocycles. The lowest BCUT2D eigenvalue weighted by molar-refractivity contribution is 0.414. The van der Waals surface area contributed by atoms with Crippen LogP contribution in [0.5, 0.6) is 5.75 Å². The van der Waals surface area contributed by atoms with Crippen molar-refractivity contribution in [2.45, 2.75) is 25.9 Å². The van der Waals surface area contributed by atoms with Crippen LogP contribution in [-0.2, 0) is 0 Å². The van der Waals surface area contributed by atoms with Crippen LogP contribution >= 0.6 is 15.9 Å². The first kappa shape index (κ1) is 15.1. The van der Waals surface area contributed by atoms with Crippen LogP contribution in [0.2, 0.25) is 0 Å². The smallest absolute Gasteiger partial charge is 0.118 e. The summed E-state index contributed by atoms with van der Waals surface area (Å²) in [6.07, 6.45) is 0. The van der Waals surface area contributed by atoms with Crippen molar-refractivity contribution in [3.05, 3.63) is 64.1 Å². The van der Waals surface area contributed by atoms with Gasteiger partial charge in [0.25, 0.3) is 0 Å². The molecule has 2 rings (SSSR count). The maximum Gasteiger partial charge on any atom is 0.118 e. The van der Waals surface area contributed by atoms with Crippen LogP contribution in [-0.4, -0.2) is 7.11 Å². The fourth-order valence-corrected chi connectivity index (χ4v) is 2.91. The van der Waals surface area contributed by atoms with Gasteiger partial charge in [0.2, 0.25) is 0 Å². The molecule has 0 saturated carbocycles. The molecule has 0 aliphatic rings. The Kier molecular flexibility index (Phi) is 5.21. The predicted molar refractivity (Wildman–Crippen MR) is 87.1 cm³/mol. The van der Waals surface area contributed by atoms with E-state index in [-0.39, 0.29) is 12.1 Å². The zero-order valence-corrected chi connectivity index (χ0v) is 13.6. The van der Waals surface area contributed by atoms with Crippen molar-refractivity contribution < 1.29 is 4.74 Å². The van der Waals surface area contributed by atoms with E-state index >= 15 is 0 Å². The molecule has 1 unspecified atom stereocenters. The summed E-state index contributed by atoms with van der Waals surface area (Å²) >= 11 is 3.61. The number of hydrogen-bond acceptors (Lipinski definition) is 2. The van der Waals surface area contributed by atoms with E-state index in [0.29, 0.717) is 0 Å². The van der Waals surface area contributed by atoms with E-state index in [0.717, 1.165) is 10.2 Å². The predicted octanol–water partition coefficient (Wildman–Crippen LogP) is 4.87. The molecule has 2 aromatic rings. The van der Waals surface area contributed by atoms with Crippen LogP contribution in [0, 0.1) is 0 Å². The normalized spacial score (nSPS) is 13.8. The molecule has 0 heterocycles. The highest BCUT2D eigenvalue weighted by Gasteiger charge is 2.13. The van der Waals surface area contributed by atoms with Gasteiger partial charge < -0.3 is 10.1 Å². The molecular weight excluding hydrogens is 314 g/mol. The number of nitrogens with one attached hydrogen (secondary N) is 1. The molecule has 2 aromatic carbocycles. The van der Waals surface area contributed by atoms with Crippen molar-refractivity contribution in [2.75, 3.05) is 7.11 Å². The number of halogens is 1. The third-order valence-electron chi connectivity index (χ3n) is 3.49. The Hall–Kier alpha value is -1.32. The molecule has 0 aliphatic heterocycles. The van der Waals surface area contributed by atoms with Crippen molar-refractivity contribution in [3.63, 3.8) is 0 Å². The Morgan fingerprint density at radius 3 is 2.20 bits per heavy atom. The van der Waals surface area contributed by atoms with Gasteiger partial charge in [0.15, 0.2) is 0 Å². The average Bonchev–Trinajstić information content (AvgIpc) is 2.47. The Balaban J connectivity index is 2.06. The minimum absolute atomic E-state index is 0.280. The van der Waals surface area contributed by atoms with Crippen LogP contribution in [0.3, 0.4) is 0 Å². The lowest BCUT2D eigenvalue weighted by atomic mass is 10.0. The molecule has 1 N–H and O–H groups in total. The second kappa shape index (κ2) is 6.91. The van der Waals surface area contributed by atoms with E-state index in [1.54, 1.807) is 7.11 Å². The molecule has 2 atom stereocenters. The molecule has 3 heteroatoms. The van der Waals surface area contributed by atoms with Gasteiger partial charge in [0.1, 0.15) is 5.75 Å². The van der Waals surface area contributed by atoms with Gasteiger partial charge in [0.05, 0.1) is 7.11 Å². The molecule has 0 amide bonds. The van der Waals surface area contributed by atoms with Gasteiger partial charge in [-0.05, 0) is 43.2 Å². The quantitative estimate of drug-likeness (QED) is 0.842. The summed E-state index contributed by atoms with van der Waals surface area (Å²) in [5.41, 5.74) is 2.53.